The van der Waals surface area contributed by atoms with Gasteiger partial charge >= 0.3 is 0 Å². The summed E-state index contributed by atoms with van der Waals surface area (Å²) in [5.41, 5.74) is 4.40. The summed E-state index contributed by atoms with van der Waals surface area (Å²) in [5.74, 6) is 1.85. The van der Waals surface area contributed by atoms with Crippen LogP contribution in [-0.4, -0.2) is 66.1 Å². The van der Waals surface area contributed by atoms with Gasteiger partial charge in [0.1, 0.15) is 11.6 Å². The zero-order valence-electron chi connectivity index (χ0n) is 18.4. The zero-order valence-corrected chi connectivity index (χ0v) is 18.4. The second-order valence-corrected chi connectivity index (χ2v) is 8.56. The van der Waals surface area contributed by atoms with E-state index in [1.54, 1.807) is 0 Å². The molecule has 5 heteroatoms. The van der Waals surface area contributed by atoms with E-state index in [2.05, 4.69) is 83.4 Å². The van der Waals surface area contributed by atoms with Crippen LogP contribution in [0.5, 0.6) is 5.75 Å². The summed E-state index contributed by atoms with van der Waals surface area (Å²) in [6.45, 7) is 8.57. The van der Waals surface area contributed by atoms with Crippen LogP contribution in [0.15, 0.2) is 54.6 Å². The molecule has 0 saturated carbocycles. The number of para-hydroxylation sites is 1. The number of aromatic nitrogens is 2. The van der Waals surface area contributed by atoms with E-state index in [-0.39, 0.29) is 0 Å². The number of benzene rings is 3. The molecular weight excluding hydrogens is 384 g/mol. The molecule has 0 bridgehead atoms. The van der Waals surface area contributed by atoms with E-state index in [1.807, 2.05) is 0 Å². The largest absolute Gasteiger partial charge is 0.493 e. The minimum atomic E-state index is 0.736. The number of H-pyrrole nitrogens is 1. The van der Waals surface area contributed by atoms with Crippen LogP contribution in [0, 0.1) is 6.92 Å². The average Bonchev–Trinajstić information content (AvgIpc) is 3.23. The van der Waals surface area contributed by atoms with Crippen molar-refractivity contribution >= 4 is 21.8 Å². The van der Waals surface area contributed by atoms with Crippen molar-refractivity contribution < 1.29 is 4.74 Å². The number of rotatable bonds is 6. The number of nitrogens with zero attached hydrogens (tertiary/aromatic N) is 3. The first-order valence-corrected chi connectivity index (χ1v) is 11.2. The fourth-order valence-corrected chi connectivity index (χ4v) is 4.45. The second kappa shape index (κ2) is 8.69. The van der Waals surface area contributed by atoms with Gasteiger partial charge in [0.25, 0.3) is 0 Å². The highest BCUT2D eigenvalue weighted by Gasteiger charge is 2.14. The number of hydrogen-bond acceptors (Lipinski definition) is 4. The van der Waals surface area contributed by atoms with Gasteiger partial charge in [-0.05, 0) is 49.5 Å². The molecule has 1 fully saturated rings. The average molecular weight is 415 g/mol. The van der Waals surface area contributed by atoms with Crippen LogP contribution in [0.2, 0.25) is 0 Å². The Morgan fingerprint density at radius 2 is 1.74 bits per heavy atom. The van der Waals surface area contributed by atoms with Crippen LogP contribution in [0.4, 0.5) is 0 Å². The van der Waals surface area contributed by atoms with Crippen LogP contribution >= 0.6 is 0 Å². The van der Waals surface area contributed by atoms with Crippen LogP contribution in [-0.2, 0) is 0 Å². The maximum absolute atomic E-state index is 6.23. The number of hydrogen-bond donors (Lipinski definition) is 1. The van der Waals surface area contributed by atoms with E-state index in [9.17, 15) is 0 Å². The standard InChI is InChI=1S/C26H30N4O/c1-19-7-5-10-23-25(19)28-26(27-23)22-11-12-24(21-9-4-3-8-20(21)22)31-18-6-13-30-16-14-29(2)15-17-30/h3-5,7-12H,6,13-18H2,1-2H3,(H,27,28). The molecule has 1 N–H and O–H groups in total. The van der Waals surface area contributed by atoms with Crippen LogP contribution in [0.3, 0.4) is 0 Å². The summed E-state index contributed by atoms with van der Waals surface area (Å²) in [6.07, 6.45) is 1.04. The molecule has 0 radical (unpaired) electrons. The van der Waals surface area contributed by atoms with E-state index in [0.717, 1.165) is 84.7 Å². The van der Waals surface area contributed by atoms with E-state index in [4.69, 9.17) is 9.72 Å². The van der Waals surface area contributed by atoms with Gasteiger partial charge in [0, 0.05) is 43.7 Å². The highest BCUT2D eigenvalue weighted by atomic mass is 16.5. The van der Waals surface area contributed by atoms with E-state index >= 15 is 0 Å². The molecule has 1 aliphatic rings. The molecule has 0 aliphatic carbocycles. The summed E-state index contributed by atoms with van der Waals surface area (Å²) < 4.78 is 6.23. The van der Waals surface area contributed by atoms with Crippen molar-refractivity contribution in [3.05, 3.63) is 60.2 Å². The van der Waals surface area contributed by atoms with Crippen molar-refractivity contribution in [2.45, 2.75) is 13.3 Å². The summed E-state index contributed by atoms with van der Waals surface area (Å²) >= 11 is 0. The molecule has 1 aromatic heterocycles. The number of aryl methyl sites for hydroxylation is 1. The van der Waals surface area contributed by atoms with E-state index in [0.29, 0.717) is 0 Å². The first kappa shape index (κ1) is 20.0. The predicted octanol–water partition coefficient (Wildman–Crippen LogP) is 4.71. The normalized spacial score (nSPS) is 15.7. The fraction of sp³-hybridized carbons (Fsp3) is 0.346. The maximum atomic E-state index is 6.23. The Bertz CT molecular complexity index is 1190. The van der Waals surface area contributed by atoms with Gasteiger partial charge in [-0.2, -0.15) is 0 Å². The zero-order chi connectivity index (χ0) is 21.2. The van der Waals surface area contributed by atoms with Gasteiger partial charge in [-0.1, -0.05) is 36.4 Å². The Kier molecular flexibility index (Phi) is 5.62. The highest BCUT2D eigenvalue weighted by molar-refractivity contribution is 6.00. The van der Waals surface area contributed by atoms with E-state index in [1.165, 1.54) is 5.56 Å². The number of piperazine rings is 1. The summed E-state index contributed by atoms with van der Waals surface area (Å²) in [4.78, 5) is 13.3. The third kappa shape index (κ3) is 4.16. The fourth-order valence-electron chi connectivity index (χ4n) is 4.45. The number of ether oxygens (including phenoxy) is 1. The Hall–Kier alpha value is -2.89. The lowest BCUT2D eigenvalue weighted by Gasteiger charge is -2.32. The number of nitrogens with one attached hydrogen (secondary N) is 1. The van der Waals surface area contributed by atoms with Gasteiger partial charge in [-0.3, -0.25) is 0 Å². The Morgan fingerprint density at radius 1 is 0.935 bits per heavy atom. The van der Waals surface area contributed by atoms with Crippen molar-refractivity contribution in [1.29, 1.82) is 0 Å². The van der Waals surface area contributed by atoms with E-state index < -0.39 is 0 Å². The Labute approximate surface area is 183 Å². The SMILES string of the molecule is Cc1cccc2[nH]c(-c3ccc(OCCCN4CCN(C)CC4)c4ccccc34)nc12. The molecule has 2 heterocycles. The number of aromatic amines is 1. The molecule has 5 rings (SSSR count). The molecule has 0 spiro atoms. The molecule has 3 aromatic carbocycles. The van der Waals surface area contributed by atoms with Crippen LogP contribution in [0.25, 0.3) is 33.2 Å². The predicted molar refractivity (Wildman–Crippen MR) is 128 cm³/mol. The topological polar surface area (TPSA) is 44.4 Å². The lowest BCUT2D eigenvalue weighted by Crippen LogP contribution is -2.44. The van der Waals surface area contributed by atoms with Crippen LogP contribution < -0.4 is 4.74 Å². The molecule has 5 nitrogen and oxygen atoms in total. The monoisotopic (exact) mass is 414 g/mol. The third-order valence-corrected chi connectivity index (χ3v) is 6.33. The second-order valence-electron chi connectivity index (χ2n) is 8.56. The van der Waals surface area contributed by atoms with Gasteiger partial charge < -0.3 is 19.5 Å². The quantitative estimate of drug-likeness (QED) is 0.464. The highest BCUT2D eigenvalue weighted by Crippen LogP contribution is 2.34. The minimum Gasteiger partial charge on any atom is -0.493 e. The number of fused-ring (bicyclic) bond motifs is 2. The first-order valence-electron chi connectivity index (χ1n) is 11.2. The van der Waals surface area contributed by atoms with Gasteiger partial charge in [0.05, 0.1) is 17.6 Å². The van der Waals surface area contributed by atoms with Crippen molar-refractivity contribution in [3.8, 4) is 17.1 Å². The molecular formula is C26H30N4O. The number of imidazole rings is 1. The van der Waals surface area contributed by atoms with Gasteiger partial charge in [-0.25, -0.2) is 4.98 Å². The Balaban J connectivity index is 1.34. The van der Waals surface area contributed by atoms with Crippen molar-refractivity contribution in [2.75, 3.05) is 46.4 Å². The molecule has 4 aromatic rings. The van der Waals surface area contributed by atoms with Gasteiger partial charge in [0.15, 0.2) is 0 Å². The maximum Gasteiger partial charge on any atom is 0.139 e. The Morgan fingerprint density at radius 3 is 2.55 bits per heavy atom. The van der Waals surface area contributed by atoms with Crippen molar-refractivity contribution in [2.24, 2.45) is 0 Å². The minimum absolute atomic E-state index is 0.736. The molecule has 31 heavy (non-hydrogen) atoms. The molecule has 1 aliphatic heterocycles. The van der Waals surface area contributed by atoms with Crippen molar-refractivity contribution in [1.82, 2.24) is 19.8 Å². The summed E-state index contributed by atoms with van der Waals surface area (Å²) in [5, 5.41) is 2.30. The summed E-state index contributed by atoms with van der Waals surface area (Å²) in [6, 6.07) is 18.9. The number of likely N-dealkylation sites (N-methyl/N-ethyl adjacent to an activating group) is 1. The van der Waals surface area contributed by atoms with Gasteiger partial charge in [-0.15, -0.1) is 0 Å². The third-order valence-electron chi connectivity index (χ3n) is 6.33. The molecule has 0 unspecified atom stereocenters. The summed E-state index contributed by atoms with van der Waals surface area (Å²) in [7, 11) is 2.20. The molecule has 0 amide bonds. The lowest BCUT2D eigenvalue weighted by atomic mass is 10.0. The molecule has 1 saturated heterocycles. The van der Waals surface area contributed by atoms with Gasteiger partial charge in [0.2, 0.25) is 0 Å². The first-order chi connectivity index (χ1) is 15.2. The van der Waals surface area contributed by atoms with Crippen molar-refractivity contribution in [3.63, 3.8) is 0 Å². The molecule has 160 valence electrons. The van der Waals surface area contributed by atoms with Crippen LogP contribution in [0.1, 0.15) is 12.0 Å². The lowest BCUT2D eigenvalue weighted by molar-refractivity contribution is 0.145. The molecule has 0 atom stereocenters. The smallest absolute Gasteiger partial charge is 0.139 e.